The van der Waals surface area contributed by atoms with Crippen molar-refractivity contribution in [3.05, 3.63) is 251 Å². The first-order valence-electron chi connectivity index (χ1n) is 21.9. The number of hydrogen-bond acceptors (Lipinski definition) is 3. The Morgan fingerprint density at radius 3 is 1.87 bits per heavy atom. The van der Waals surface area contributed by atoms with Crippen LogP contribution in [0.4, 0.5) is 0 Å². The molecule has 3 heteroatoms. The predicted octanol–water partition coefficient (Wildman–Crippen LogP) is 12.8. The zero-order chi connectivity index (χ0) is 41.7. The maximum Gasteiger partial charge on any atom is 0.161 e. The van der Waals surface area contributed by atoms with E-state index in [0.717, 1.165) is 80.4 Å². The standard InChI is InChI=1S/C60H41N3/c1-3-17-45(18-4-1)57-51-26-12-11-25-49(51)53-37-54(61-59(58(53)57)46-19-5-2-6-20-46)43-33-29-39(30-34-43)40-31-35-44(36-32-40)55-38-56(50-27-13-21-41-15-7-9-23-47(41)50)63-60(62-55)52-28-14-22-42-16-8-10-24-48(42)52/h1-7,9-15,17-38,58H,8,16H2. The van der Waals surface area contributed by atoms with E-state index in [1.54, 1.807) is 0 Å². The monoisotopic (exact) mass is 803 g/mol. The number of hydrogen-bond donors (Lipinski definition) is 0. The molecular formula is C60H41N3. The molecule has 3 nitrogen and oxygen atoms in total. The van der Waals surface area contributed by atoms with Crippen LogP contribution >= 0.6 is 0 Å². The van der Waals surface area contributed by atoms with Gasteiger partial charge in [0.05, 0.1) is 28.7 Å². The molecule has 296 valence electrons. The fourth-order valence-corrected chi connectivity index (χ4v) is 9.82. The number of benzene rings is 8. The molecule has 1 aromatic heterocycles. The molecule has 0 fully saturated rings. The van der Waals surface area contributed by atoms with Crippen LogP contribution in [0.2, 0.25) is 0 Å². The Morgan fingerprint density at radius 2 is 1.08 bits per heavy atom. The van der Waals surface area contributed by atoms with Crippen LogP contribution in [0.15, 0.2) is 217 Å². The molecule has 63 heavy (non-hydrogen) atoms. The van der Waals surface area contributed by atoms with Gasteiger partial charge in [-0.3, -0.25) is 4.99 Å². The number of fused-ring (bicyclic) bond motifs is 4. The first-order chi connectivity index (χ1) is 31.2. The van der Waals surface area contributed by atoms with E-state index in [2.05, 4.69) is 218 Å². The molecular weight excluding hydrogens is 763 g/mol. The van der Waals surface area contributed by atoms with Gasteiger partial charge in [0.1, 0.15) is 0 Å². The molecule has 0 bridgehead atoms. The van der Waals surface area contributed by atoms with E-state index < -0.39 is 0 Å². The lowest BCUT2D eigenvalue weighted by atomic mass is 9.81. The number of rotatable bonds is 7. The highest BCUT2D eigenvalue weighted by atomic mass is 14.9. The van der Waals surface area contributed by atoms with Crippen molar-refractivity contribution in [2.24, 2.45) is 10.9 Å². The van der Waals surface area contributed by atoms with Crippen LogP contribution in [-0.4, -0.2) is 15.7 Å². The van der Waals surface area contributed by atoms with Crippen molar-refractivity contribution in [2.45, 2.75) is 12.8 Å². The molecule has 0 saturated carbocycles. The number of nitrogens with zero attached hydrogens (tertiary/aromatic N) is 3. The van der Waals surface area contributed by atoms with Crippen LogP contribution < -0.4 is 10.4 Å². The summed E-state index contributed by atoms with van der Waals surface area (Å²) in [6, 6.07) is 71.7. The highest BCUT2D eigenvalue weighted by Gasteiger charge is 2.34. The lowest BCUT2D eigenvalue weighted by Crippen LogP contribution is -2.23. The molecule has 0 spiro atoms. The summed E-state index contributed by atoms with van der Waals surface area (Å²) in [5.41, 5.74) is 18.0. The minimum atomic E-state index is 0.0395. The van der Waals surface area contributed by atoms with Gasteiger partial charge in [0, 0.05) is 22.3 Å². The molecule has 1 unspecified atom stereocenters. The molecule has 2 heterocycles. The number of aryl methyl sites for hydroxylation is 1. The minimum Gasteiger partial charge on any atom is -0.251 e. The Balaban J connectivity index is 0.912. The van der Waals surface area contributed by atoms with E-state index in [0.29, 0.717) is 0 Å². The van der Waals surface area contributed by atoms with Crippen molar-refractivity contribution in [1.82, 2.24) is 9.97 Å². The molecule has 1 atom stereocenters. The normalized spacial score (nSPS) is 15.1. The van der Waals surface area contributed by atoms with Crippen molar-refractivity contribution >= 4 is 39.4 Å². The van der Waals surface area contributed by atoms with E-state index in [1.165, 1.54) is 49.0 Å². The lowest BCUT2D eigenvalue weighted by Gasteiger charge is -2.26. The number of allylic oxidation sites excluding steroid dienone is 2. The second-order valence-corrected chi connectivity index (χ2v) is 16.6. The first-order valence-corrected chi connectivity index (χ1v) is 21.9. The van der Waals surface area contributed by atoms with Crippen molar-refractivity contribution < 1.29 is 0 Å². The van der Waals surface area contributed by atoms with Gasteiger partial charge in [-0.05, 0) is 90.7 Å². The van der Waals surface area contributed by atoms with E-state index >= 15 is 0 Å². The molecule has 1 aliphatic heterocycles. The van der Waals surface area contributed by atoms with E-state index in [1.807, 2.05) is 0 Å². The maximum absolute atomic E-state index is 5.49. The molecule has 3 aliphatic rings. The summed E-state index contributed by atoms with van der Waals surface area (Å²) < 4.78 is 0. The molecule has 8 aromatic carbocycles. The third-order valence-electron chi connectivity index (χ3n) is 12.9. The van der Waals surface area contributed by atoms with Crippen molar-refractivity contribution in [2.75, 3.05) is 0 Å². The topological polar surface area (TPSA) is 38.1 Å². The summed E-state index contributed by atoms with van der Waals surface area (Å²) in [7, 11) is 0. The van der Waals surface area contributed by atoms with Crippen LogP contribution in [0, 0.1) is 5.92 Å². The summed E-state index contributed by atoms with van der Waals surface area (Å²) in [6.45, 7) is 0. The highest BCUT2D eigenvalue weighted by molar-refractivity contribution is 6.19. The van der Waals surface area contributed by atoms with Crippen LogP contribution in [0.5, 0.6) is 0 Å². The van der Waals surface area contributed by atoms with Crippen LogP contribution in [0.3, 0.4) is 0 Å². The van der Waals surface area contributed by atoms with Crippen molar-refractivity contribution in [3.8, 4) is 45.0 Å². The van der Waals surface area contributed by atoms with E-state index in [-0.39, 0.29) is 5.92 Å². The number of aromatic nitrogens is 2. The van der Waals surface area contributed by atoms with Gasteiger partial charge in [-0.2, -0.15) is 0 Å². The molecule has 0 radical (unpaired) electrons. The zero-order valence-electron chi connectivity index (χ0n) is 34.6. The smallest absolute Gasteiger partial charge is 0.161 e. The van der Waals surface area contributed by atoms with Crippen LogP contribution in [0.25, 0.3) is 78.7 Å². The molecule has 12 rings (SSSR count). The maximum atomic E-state index is 5.49. The van der Waals surface area contributed by atoms with Gasteiger partial charge in [0.15, 0.2) is 5.82 Å². The predicted molar refractivity (Wildman–Crippen MR) is 261 cm³/mol. The molecule has 2 aliphatic carbocycles. The third-order valence-corrected chi connectivity index (χ3v) is 12.9. The fraction of sp³-hybridized carbons (Fsp3) is 0.0500. The summed E-state index contributed by atoms with van der Waals surface area (Å²) in [5.74, 6) is 0.783. The minimum absolute atomic E-state index is 0.0395. The average molecular weight is 804 g/mol. The van der Waals surface area contributed by atoms with Gasteiger partial charge in [-0.1, -0.05) is 206 Å². The first kappa shape index (κ1) is 36.8. The fourth-order valence-electron chi connectivity index (χ4n) is 9.82. The van der Waals surface area contributed by atoms with Crippen LogP contribution in [-0.2, 0) is 6.42 Å². The third kappa shape index (κ3) is 6.57. The van der Waals surface area contributed by atoms with Gasteiger partial charge >= 0.3 is 0 Å². The highest BCUT2D eigenvalue weighted by Crippen LogP contribution is 2.41. The molecule has 0 saturated heterocycles. The number of aliphatic imine (C=N–C) groups is 1. The van der Waals surface area contributed by atoms with Gasteiger partial charge in [-0.15, -0.1) is 0 Å². The van der Waals surface area contributed by atoms with Crippen LogP contribution in [0.1, 0.15) is 34.2 Å². The Kier molecular flexibility index (Phi) is 9.04. The SMILES string of the molecule is C1=Cc2c(cccc2-c2nc(-c3ccc(-c4ccc(C5=CC6=c7ccccc7=C(c7ccccc7)C6C(c6ccccc6)=N5)cc4)cc3)cc(-c3cccc4ccccc34)n2)CC1. The molecule has 0 amide bonds. The lowest BCUT2D eigenvalue weighted by molar-refractivity contribution is 0.984. The molecule has 9 aromatic rings. The summed E-state index contributed by atoms with van der Waals surface area (Å²) in [6.07, 6.45) is 8.90. The largest absolute Gasteiger partial charge is 0.251 e. The summed E-state index contributed by atoms with van der Waals surface area (Å²) >= 11 is 0. The van der Waals surface area contributed by atoms with Gasteiger partial charge < -0.3 is 0 Å². The zero-order valence-corrected chi connectivity index (χ0v) is 34.6. The van der Waals surface area contributed by atoms with Gasteiger partial charge in [0.2, 0.25) is 0 Å². The van der Waals surface area contributed by atoms with Crippen molar-refractivity contribution in [1.29, 1.82) is 0 Å². The molecule has 0 N–H and O–H groups in total. The Labute approximate surface area is 367 Å². The Bertz CT molecular complexity index is 3460. The van der Waals surface area contributed by atoms with Gasteiger partial charge in [0.25, 0.3) is 0 Å². The second-order valence-electron chi connectivity index (χ2n) is 16.6. The summed E-state index contributed by atoms with van der Waals surface area (Å²) in [4.78, 5) is 16.0. The Morgan fingerprint density at radius 1 is 0.460 bits per heavy atom. The quantitative estimate of drug-likeness (QED) is 0.161. The Hall–Kier alpha value is -8.01. The van der Waals surface area contributed by atoms with Crippen molar-refractivity contribution in [3.63, 3.8) is 0 Å². The average Bonchev–Trinajstić information content (AvgIpc) is 3.70. The van der Waals surface area contributed by atoms with Gasteiger partial charge in [-0.25, -0.2) is 9.97 Å². The summed E-state index contributed by atoms with van der Waals surface area (Å²) in [5, 5.41) is 4.93. The van der Waals surface area contributed by atoms with E-state index in [9.17, 15) is 0 Å². The van der Waals surface area contributed by atoms with E-state index in [4.69, 9.17) is 15.0 Å². The second kappa shape index (κ2) is 15.5.